The fraction of sp³-hybridized carbons (Fsp3) is 0.387. The largest absolute Gasteiger partial charge is 1.00 e. The van der Waals surface area contributed by atoms with Gasteiger partial charge in [0.05, 0.1) is 26.2 Å². The van der Waals surface area contributed by atoms with E-state index in [9.17, 15) is 9.59 Å². The molecule has 0 atom stereocenters. The number of esters is 1. The molecule has 0 saturated heterocycles. The Bertz CT molecular complexity index is 1190. The van der Waals surface area contributed by atoms with Gasteiger partial charge in [0.2, 0.25) is 10.8 Å². The van der Waals surface area contributed by atoms with Crippen LogP contribution in [-0.4, -0.2) is 30.1 Å². The number of carbonyl (C=O) groups excluding carboxylic acids is 2. The van der Waals surface area contributed by atoms with E-state index in [0.29, 0.717) is 49.5 Å². The second-order valence-electron chi connectivity index (χ2n) is 8.84. The Morgan fingerprint density at radius 2 is 1.50 bits per heavy atom. The lowest BCUT2D eigenvalue weighted by atomic mass is 9.91. The second-order valence-corrected chi connectivity index (χ2v) is 10.1. The summed E-state index contributed by atoms with van der Waals surface area (Å²) < 4.78 is 13.7. The highest BCUT2D eigenvalue weighted by molar-refractivity contribution is 8.14. The topological polar surface area (TPSA) is 56.5 Å². The number of pyridine rings is 1. The van der Waals surface area contributed by atoms with Crippen molar-refractivity contribution in [3.8, 4) is 11.3 Å². The number of hydrogen-bond acceptors (Lipinski definition) is 5. The number of hydrogen-bond donors (Lipinski definition) is 0. The molecule has 3 rings (SSSR count). The van der Waals surface area contributed by atoms with Gasteiger partial charge in [-0.15, -0.1) is 0 Å². The number of thioether (sulfide) groups is 1. The summed E-state index contributed by atoms with van der Waals surface area (Å²) >= 11 is 1.28. The Hall–Kier alpha value is -2.23. The molecule has 38 heavy (non-hydrogen) atoms. The molecule has 0 fully saturated rings. The van der Waals surface area contributed by atoms with E-state index >= 15 is 0 Å². The minimum Gasteiger partial charge on any atom is -1.00 e. The van der Waals surface area contributed by atoms with Crippen LogP contribution in [0, 0.1) is 0 Å². The number of halogens is 1. The predicted molar refractivity (Wildman–Crippen MR) is 150 cm³/mol. The third-order valence-corrected chi connectivity index (χ3v) is 6.89. The van der Waals surface area contributed by atoms with Crippen LogP contribution in [0.15, 0.2) is 60.7 Å². The summed E-state index contributed by atoms with van der Waals surface area (Å²) in [6.07, 6.45) is 2.70. The maximum absolute atomic E-state index is 13.6. The first-order valence-electron chi connectivity index (χ1n) is 13.1. The molecule has 0 bridgehead atoms. The normalized spacial score (nSPS) is 10.6. The van der Waals surface area contributed by atoms with Crippen LogP contribution in [0.2, 0.25) is 0 Å². The SMILES string of the molecule is CCCOC(=O)c1c(CCC)c(C(=O)SCC)c(CCOCc2ccccc2)[n+](C)c1-c1ccccc1.[I-]. The molecule has 0 saturated carbocycles. The molecule has 0 amide bonds. The van der Waals surface area contributed by atoms with Gasteiger partial charge in [-0.1, -0.05) is 87.5 Å². The number of nitrogens with zero attached hydrogens (tertiary/aromatic N) is 1. The summed E-state index contributed by atoms with van der Waals surface area (Å²) in [7, 11) is 1.94. The molecule has 0 N–H and O–H groups in total. The van der Waals surface area contributed by atoms with Crippen LogP contribution in [0.4, 0.5) is 0 Å². The van der Waals surface area contributed by atoms with E-state index < -0.39 is 0 Å². The van der Waals surface area contributed by atoms with Crippen molar-refractivity contribution in [2.75, 3.05) is 19.0 Å². The van der Waals surface area contributed by atoms with E-state index in [2.05, 4.69) is 6.92 Å². The van der Waals surface area contributed by atoms with Crippen molar-refractivity contribution >= 4 is 22.8 Å². The summed E-state index contributed by atoms with van der Waals surface area (Å²) in [5, 5.41) is -0.0104. The van der Waals surface area contributed by atoms with Crippen molar-refractivity contribution in [1.29, 1.82) is 0 Å². The molecule has 0 aliphatic rings. The van der Waals surface area contributed by atoms with E-state index in [1.165, 1.54) is 11.8 Å². The van der Waals surface area contributed by atoms with E-state index in [-0.39, 0.29) is 35.1 Å². The lowest BCUT2D eigenvalue weighted by Gasteiger charge is -2.19. The summed E-state index contributed by atoms with van der Waals surface area (Å²) in [6.45, 7) is 7.32. The van der Waals surface area contributed by atoms with Crippen LogP contribution >= 0.6 is 11.8 Å². The van der Waals surface area contributed by atoms with Gasteiger partial charge in [-0.3, -0.25) is 4.79 Å². The molecule has 0 unspecified atom stereocenters. The van der Waals surface area contributed by atoms with E-state index in [4.69, 9.17) is 9.47 Å². The zero-order chi connectivity index (χ0) is 26.6. The van der Waals surface area contributed by atoms with Crippen LogP contribution in [0.1, 0.15) is 71.1 Å². The van der Waals surface area contributed by atoms with Crippen molar-refractivity contribution < 1.29 is 47.6 Å². The Morgan fingerprint density at radius 3 is 2.11 bits per heavy atom. The Morgan fingerprint density at radius 1 is 0.842 bits per heavy atom. The Kier molecular flexibility index (Phi) is 14.0. The summed E-state index contributed by atoms with van der Waals surface area (Å²) in [4.78, 5) is 27.1. The van der Waals surface area contributed by atoms with E-state index in [1.54, 1.807) is 0 Å². The maximum atomic E-state index is 13.6. The first kappa shape index (κ1) is 32.0. The van der Waals surface area contributed by atoms with Crippen molar-refractivity contribution in [1.82, 2.24) is 0 Å². The standard InChI is InChI=1S/C31H38NO4S.HI/c1-5-14-25-27(31(34)37-7-3)26(19-21-35-22-23-15-10-8-11-16-23)32(4)29(24-17-12-9-13-18-24)28(25)30(33)36-20-6-2;/h8-13,15-18H,5-7,14,19-22H2,1-4H3;1H/q+1;/p-1. The zero-order valence-electron chi connectivity index (χ0n) is 22.8. The average molecular weight is 648 g/mol. The average Bonchev–Trinajstić information content (AvgIpc) is 2.92. The number of rotatable bonds is 13. The van der Waals surface area contributed by atoms with Gasteiger partial charge in [-0.05, 0) is 41.9 Å². The van der Waals surface area contributed by atoms with E-state index in [1.807, 2.05) is 86.1 Å². The predicted octanol–water partition coefficient (Wildman–Crippen LogP) is 3.35. The van der Waals surface area contributed by atoms with Crippen LogP contribution in [0.25, 0.3) is 11.3 Å². The summed E-state index contributed by atoms with van der Waals surface area (Å²) in [5.41, 5.74) is 5.59. The van der Waals surface area contributed by atoms with Crippen LogP contribution in [-0.2, 0) is 36.0 Å². The van der Waals surface area contributed by atoms with Crippen LogP contribution < -0.4 is 28.5 Å². The highest BCUT2D eigenvalue weighted by Crippen LogP contribution is 2.31. The van der Waals surface area contributed by atoms with Crippen molar-refractivity contribution in [2.45, 2.75) is 53.1 Å². The summed E-state index contributed by atoms with van der Waals surface area (Å²) in [6, 6.07) is 19.9. The number of aromatic nitrogens is 1. The molecule has 5 nitrogen and oxygen atoms in total. The number of benzene rings is 2. The van der Waals surface area contributed by atoms with Gasteiger partial charge >= 0.3 is 5.97 Å². The molecule has 2 aromatic carbocycles. The van der Waals surface area contributed by atoms with Crippen LogP contribution in [0.3, 0.4) is 0 Å². The molecule has 0 aliphatic carbocycles. The molecule has 1 aromatic heterocycles. The first-order valence-corrected chi connectivity index (χ1v) is 14.1. The van der Waals surface area contributed by atoms with Gasteiger partial charge in [0, 0.05) is 5.56 Å². The molecule has 0 radical (unpaired) electrons. The minimum absolute atomic E-state index is 0. The quantitative estimate of drug-likeness (QED) is 0.123. The molecule has 7 heteroatoms. The fourth-order valence-corrected chi connectivity index (χ4v) is 5.15. The number of carbonyl (C=O) groups is 2. The monoisotopic (exact) mass is 647 g/mol. The van der Waals surface area contributed by atoms with Gasteiger partial charge < -0.3 is 33.5 Å². The molecule has 0 aliphatic heterocycles. The molecular weight excluding hydrogens is 609 g/mol. The van der Waals surface area contributed by atoms with Crippen molar-refractivity contribution in [2.24, 2.45) is 7.05 Å². The van der Waals surface area contributed by atoms with Gasteiger partial charge in [0.25, 0.3) is 0 Å². The van der Waals surface area contributed by atoms with Crippen molar-refractivity contribution in [3.63, 3.8) is 0 Å². The molecule has 1 heterocycles. The second kappa shape index (κ2) is 16.7. The Balaban J connectivity index is 0.00000507. The smallest absolute Gasteiger partial charge is 0.345 e. The number of ether oxygens (including phenoxy) is 2. The third-order valence-electron chi connectivity index (χ3n) is 6.13. The molecular formula is C31H38INO4S. The van der Waals surface area contributed by atoms with Crippen LogP contribution in [0.5, 0.6) is 0 Å². The van der Waals surface area contributed by atoms with Gasteiger partial charge in [0.15, 0.2) is 5.69 Å². The fourth-order valence-electron chi connectivity index (χ4n) is 4.50. The lowest BCUT2D eigenvalue weighted by molar-refractivity contribution is -0.668. The Labute approximate surface area is 248 Å². The molecule has 204 valence electrons. The molecule has 0 spiro atoms. The maximum Gasteiger partial charge on any atom is 0.345 e. The first-order chi connectivity index (χ1) is 18.0. The highest BCUT2D eigenvalue weighted by Gasteiger charge is 2.35. The van der Waals surface area contributed by atoms with Gasteiger partial charge in [-0.2, -0.15) is 4.57 Å². The third kappa shape index (κ3) is 8.13. The highest BCUT2D eigenvalue weighted by atomic mass is 127. The van der Waals surface area contributed by atoms with Crippen molar-refractivity contribution in [3.05, 3.63) is 88.6 Å². The lowest BCUT2D eigenvalue weighted by Crippen LogP contribution is -3.00. The zero-order valence-corrected chi connectivity index (χ0v) is 25.8. The molecule has 3 aromatic rings. The van der Waals surface area contributed by atoms with Gasteiger partial charge in [0.1, 0.15) is 18.2 Å². The minimum atomic E-state index is -0.373. The summed E-state index contributed by atoms with van der Waals surface area (Å²) in [5.74, 6) is 0.288. The van der Waals surface area contributed by atoms with Gasteiger partial charge in [-0.25, -0.2) is 4.79 Å². The van der Waals surface area contributed by atoms with E-state index in [0.717, 1.165) is 40.9 Å².